The van der Waals surface area contributed by atoms with Crippen molar-refractivity contribution < 1.29 is 4.74 Å². The van der Waals surface area contributed by atoms with Gasteiger partial charge >= 0.3 is 0 Å². The molecule has 1 heterocycles. The highest BCUT2D eigenvalue weighted by Crippen LogP contribution is 2.02. The molecule has 76 valence electrons. The van der Waals surface area contributed by atoms with Crippen LogP contribution in [0.1, 0.15) is 34.1 Å². The molecule has 0 aliphatic rings. The van der Waals surface area contributed by atoms with Crippen molar-refractivity contribution in [2.45, 2.75) is 34.1 Å². The molecular formula is C11H21NO. The summed E-state index contributed by atoms with van der Waals surface area (Å²) in [6.45, 7) is 8.25. The lowest BCUT2D eigenvalue weighted by atomic mass is 10.5. The minimum atomic E-state index is 0.799. The minimum absolute atomic E-state index is 0.799. The first kappa shape index (κ1) is 14.5. The smallest absolute Gasteiger partial charge is 0.137 e. The molecule has 1 aromatic heterocycles. The van der Waals surface area contributed by atoms with E-state index < -0.39 is 0 Å². The van der Waals surface area contributed by atoms with Crippen LogP contribution in [0, 0.1) is 0 Å². The zero-order valence-corrected chi connectivity index (χ0v) is 9.37. The van der Waals surface area contributed by atoms with Crippen LogP contribution in [-0.4, -0.2) is 12.1 Å². The summed E-state index contributed by atoms with van der Waals surface area (Å²) in [5, 5.41) is 0. The highest BCUT2D eigenvalue weighted by Gasteiger charge is 1.81. The third-order valence-electron chi connectivity index (χ3n) is 0.870. The van der Waals surface area contributed by atoms with Crippen molar-refractivity contribution in [2.75, 3.05) is 7.11 Å². The average molecular weight is 183 g/mol. The van der Waals surface area contributed by atoms with Gasteiger partial charge in [-0.1, -0.05) is 34.1 Å². The lowest BCUT2D eigenvalue weighted by Gasteiger charge is -1.93. The second-order valence-corrected chi connectivity index (χ2v) is 2.10. The van der Waals surface area contributed by atoms with Crippen LogP contribution in [0.5, 0.6) is 5.75 Å². The molecule has 0 spiro atoms. The Morgan fingerprint density at radius 1 is 1.31 bits per heavy atom. The van der Waals surface area contributed by atoms with E-state index in [-0.39, 0.29) is 0 Å². The number of ether oxygens (including phenoxy) is 1. The van der Waals surface area contributed by atoms with Crippen molar-refractivity contribution in [2.24, 2.45) is 0 Å². The van der Waals surface area contributed by atoms with E-state index in [1.807, 2.05) is 26.0 Å². The Morgan fingerprint density at radius 3 is 2.08 bits per heavy atom. The Balaban J connectivity index is 0. The topological polar surface area (TPSA) is 22.1 Å². The Morgan fingerprint density at radius 2 is 1.85 bits per heavy atom. The van der Waals surface area contributed by atoms with E-state index in [1.54, 1.807) is 19.5 Å². The monoisotopic (exact) mass is 183 g/mol. The summed E-state index contributed by atoms with van der Waals surface area (Å²) < 4.78 is 4.85. The number of aromatic nitrogens is 1. The first-order valence-electron chi connectivity index (χ1n) is 4.79. The van der Waals surface area contributed by atoms with Gasteiger partial charge < -0.3 is 4.74 Å². The van der Waals surface area contributed by atoms with Gasteiger partial charge in [0.25, 0.3) is 0 Å². The molecular weight excluding hydrogens is 162 g/mol. The number of pyridine rings is 1. The molecule has 2 heteroatoms. The molecule has 13 heavy (non-hydrogen) atoms. The molecule has 0 aliphatic heterocycles. The summed E-state index contributed by atoms with van der Waals surface area (Å²) in [7, 11) is 1.62. The average Bonchev–Trinajstić information content (AvgIpc) is 2.23. The first-order chi connectivity index (χ1) is 6.35. The molecule has 1 rings (SSSR count). The molecule has 0 bridgehead atoms. The number of methoxy groups -OCH3 is 1. The number of hydrogen-bond acceptors (Lipinski definition) is 2. The summed E-state index contributed by atoms with van der Waals surface area (Å²) in [6.07, 6.45) is 4.63. The summed E-state index contributed by atoms with van der Waals surface area (Å²) in [5.41, 5.74) is 0. The second-order valence-electron chi connectivity index (χ2n) is 2.10. The molecule has 0 unspecified atom stereocenters. The van der Waals surface area contributed by atoms with Gasteiger partial charge in [-0.15, -0.1) is 0 Å². The van der Waals surface area contributed by atoms with Crippen LogP contribution in [0.3, 0.4) is 0 Å². The van der Waals surface area contributed by atoms with Gasteiger partial charge in [0, 0.05) is 6.20 Å². The van der Waals surface area contributed by atoms with E-state index in [0.29, 0.717) is 0 Å². The van der Waals surface area contributed by atoms with Crippen LogP contribution in [-0.2, 0) is 0 Å². The Kier molecular flexibility index (Phi) is 15.1. The summed E-state index contributed by atoms with van der Waals surface area (Å²) in [5.74, 6) is 0.799. The third kappa shape index (κ3) is 10.9. The summed E-state index contributed by atoms with van der Waals surface area (Å²) >= 11 is 0. The normalized spacial score (nSPS) is 7.15. The lowest BCUT2D eigenvalue weighted by molar-refractivity contribution is 0.413. The number of nitrogens with zero attached hydrogens (tertiary/aromatic N) is 1. The Hall–Kier alpha value is -1.05. The molecule has 0 fully saturated rings. The fourth-order valence-electron chi connectivity index (χ4n) is 0.468. The molecule has 0 aromatic carbocycles. The molecule has 0 radical (unpaired) electrons. The second kappa shape index (κ2) is 13.5. The van der Waals surface area contributed by atoms with Gasteiger partial charge in [0.15, 0.2) is 0 Å². The highest BCUT2D eigenvalue weighted by molar-refractivity contribution is 5.14. The number of rotatable bonds is 1. The SMILES string of the molecule is CC.CCC.COc1cccnc1. The van der Waals surface area contributed by atoms with Gasteiger partial charge in [0.05, 0.1) is 13.3 Å². The standard InChI is InChI=1S/C6H7NO.C3H8.C2H6/c1-8-6-3-2-4-7-5-6;1-3-2;1-2/h2-5H,1H3;3H2,1-2H3;1-2H3. The van der Waals surface area contributed by atoms with E-state index in [4.69, 9.17) is 4.74 Å². The largest absolute Gasteiger partial charge is 0.495 e. The molecule has 0 N–H and O–H groups in total. The zero-order valence-electron chi connectivity index (χ0n) is 9.37. The highest BCUT2D eigenvalue weighted by atomic mass is 16.5. The van der Waals surface area contributed by atoms with E-state index in [0.717, 1.165) is 5.75 Å². The maximum absolute atomic E-state index is 4.85. The van der Waals surface area contributed by atoms with E-state index >= 15 is 0 Å². The lowest BCUT2D eigenvalue weighted by Crippen LogP contribution is -1.80. The molecule has 0 saturated heterocycles. The zero-order chi connectivity index (χ0) is 10.5. The van der Waals surface area contributed by atoms with Crippen LogP contribution in [0.15, 0.2) is 24.5 Å². The maximum Gasteiger partial charge on any atom is 0.137 e. The van der Waals surface area contributed by atoms with Crippen molar-refractivity contribution in [1.29, 1.82) is 0 Å². The van der Waals surface area contributed by atoms with Crippen molar-refractivity contribution in [3.05, 3.63) is 24.5 Å². The van der Waals surface area contributed by atoms with Crippen LogP contribution in [0.25, 0.3) is 0 Å². The first-order valence-corrected chi connectivity index (χ1v) is 4.79. The number of hydrogen-bond donors (Lipinski definition) is 0. The van der Waals surface area contributed by atoms with Gasteiger partial charge in [0.1, 0.15) is 5.75 Å². The minimum Gasteiger partial charge on any atom is -0.495 e. The van der Waals surface area contributed by atoms with E-state index in [1.165, 1.54) is 6.42 Å². The molecule has 0 atom stereocenters. The molecule has 2 nitrogen and oxygen atoms in total. The fourth-order valence-corrected chi connectivity index (χ4v) is 0.468. The van der Waals surface area contributed by atoms with Crippen molar-refractivity contribution >= 4 is 0 Å². The van der Waals surface area contributed by atoms with Crippen LogP contribution in [0.4, 0.5) is 0 Å². The van der Waals surface area contributed by atoms with Crippen molar-refractivity contribution in [3.63, 3.8) is 0 Å². The Bertz CT molecular complexity index is 163. The summed E-state index contributed by atoms with van der Waals surface area (Å²) in [4.78, 5) is 3.83. The van der Waals surface area contributed by atoms with Gasteiger partial charge in [-0.3, -0.25) is 4.98 Å². The quantitative estimate of drug-likeness (QED) is 0.664. The van der Waals surface area contributed by atoms with Gasteiger partial charge in [-0.2, -0.15) is 0 Å². The Labute approximate surface area is 82.0 Å². The molecule has 0 amide bonds. The van der Waals surface area contributed by atoms with E-state index in [2.05, 4.69) is 18.8 Å². The predicted molar refractivity (Wildman–Crippen MR) is 58.1 cm³/mol. The fraction of sp³-hybridized carbons (Fsp3) is 0.545. The van der Waals surface area contributed by atoms with Gasteiger partial charge in [-0.05, 0) is 12.1 Å². The van der Waals surface area contributed by atoms with Gasteiger partial charge in [-0.25, -0.2) is 0 Å². The van der Waals surface area contributed by atoms with Crippen molar-refractivity contribution in [1.82, 2.24) is 4.98 Å². The third-order valence-corrected chi connectivity index (χ3v) is 0.870. The van der Waals surface area contributed by atoms with Crippen LogP contribution in [0.2, 0.25) is 0 Å². The predicted octanol–water partition coefficient (Wildman–Crippen LogP) is 3.53. The molecule has 1 aromatic rings. The molecule has 0 aliphatic carbocycles. The van der Waals surface area contributed by atoms with Crippen LogP contribution >= 0.6 is 0 Å². The van der Waals surface area contributed by atoms with E-state index in [9.17, 15) is 0 Å². The van der Waals surface area contributed by atoms with Gasteiger partial charge in [0.2, 0.25) is 0 Å². The molecule has 0 saturated carbocycles. The maximum atomic E-state index is 4.85. The van der Waals surface area contributed by atoms with Crippen molar-refractivity contribution in [3.8, 4) is 5.75 Å². The van der Waals surface area contributed by atoms with Crippen LogP contribution < -0.4 is 4.74 Å². The summed E-state index contributed by atoms with van der Waals surface area (Å²) in [6, 6.07) is 3.69.